The van der Waals surface area contributed by atoms with Crippen molar-refractivity contribution in [2.24, 2.45) is 5.92 Å². The lowest BCUT2D eigenvalue weighted by molar-refractivity contribution is -0.137. The van der Waals surface area contributed by atoms with Gasteiger partial charge in [-0.05, 0) is 43.9 Å². The summed E-state index contributed by atoms with van der Waals surface area (Å²) in [5, 5.41) is 2.81. The lowest BCUT2D eigenvalue weighted by atomic mass is 9.93. The third-order valence-electron chi connectivity index (χ3n) is 3.83. The first kappa shape index (κ1) is 21.0. The van der Waals surface area contributed by atoms with Gasteiger partial charge in [-0.3, -0.25) is 4.79 Å². The Balaban J connectivity index is 3.05. The van der Waals surface area contributed by atoms with Crippen molar-refractivity contribution < 1.29 is 23.8 Å². The SMILES string of the molecule is CCCOc1ccc(NC(=O)C(C)(CC(C)C)OC)cc1C(=O)OC. The Morgan fingerprint density at radius 2 is 1.92 bits per heavy atom. The summed E-state index contributed by atoms with van der Waals surface area (Å²) >= 11 is 0. The number of benzene rings is 1. The molecule has 0 aliphatic heterocycles. The molecule has 1 rings (SSSR count). The molecule has 25 heavy (non-hydrogen) atoms. The normalized spacial score (nSPS) is 13.2. The number of carbonyl (C=O) groups is 2. The van der Waals surface area contributed by atoms with Crippen molar-refractivity contribution in [2.45, 2.75) is 46.1 Å². The molecule has 0 heterocycles. The molecule has 1 aromatic carbocycles. The van der Waals surface area contributed by atoms with E-state index in [1.165, 1.54) is 14.2 Å². The average Bonchev–Trinajstić information content (AvgIpc) is 2.58. The molecule has 0 aliphatic carbocycles. The maximum Gasteiger partial charge on any atom is 0.341 e. The first-order valence-corrected chi connectivity index (χ1v) is 8.49. The van der Waals surface area contributed by atoms with Crippen LogP contribution < -0.4 is 10.1 Å². The quantitative estimate of drug-likeness (QED) is 0.688. The summed E-state index contributed by atoms with van der Waals surface area (Å²) in [4.78, 5) is 24.6. The van der Waals surface area contributed by atoms with Crippen molar-refractivity contribution in [3.8, 4) is 5.75 Å². The maximum absolute atomic E-state index is 12.6. The second kappa shape index (κ2) is 9.42. The molecule has 1 amide bonds. The van der Waals surface area contributed by atoms with Crippen LogP contribution >= 0.6 is 0 Å². The smallest absolute Gasteiger partial charge is 0.341 e. The molecule has 0 saturated carbocycles. The lowest BCUT2D eigenvalue weighted by Crippen LogP contribution is -2.43. The molecule has 0 aliphatic rings. The fraction of sp³-hybridized carbons (Fsp3) is 0.579. The number of carbonyl (C=O) groups excluding carboxylic acids is 2. The highest BCUT2D eigenvalue weighted by atomic mass is 16.5. The molecule has 1 atom stereocenters. The van der Waals surface area contributed by atoms with Gasteiger partial charge < -0.3 is 19.5 Å². The van der Waals surface area contributed by atoms with Crippen LogP contribution in [0.5, 0.6) is 5.75 Å². The molecule has 0 bridgehead atoms. The topological polar surface area (TPSA) is 73.9 Å². The minimum Gasteiger partial charge on any atom is -0.493 e. The average molecular weight is 351 g/mol. The van der Waals surface area contributed by atoms with Crippen LogP contribution in [0.2, 0.25) is 0 Å². The van der Waals surface area contributed by atoms with Crippen LogP contribution in [0.3, 0.4) is 0 Å². The van der Waals surface area contributed by atoms with Gasteiger partial charge in [0.15, 0.2) is 0 Å². The second-order valence-electron chi connectivity index (χ2n) is 6.54. The zero-order chi connectivity index (χ0) is 19.0. The molecule has 6 nitrogen and oxygen atoms in total. The highest BCUT2D eigenvalue weighted by Crippen LogP contribution is 2.26. The number of ether oxygens (including phenoxy) is 3. The monoisotopic (exact) mass is 351 g/mol. The van der Waals surface area contributed by atoms with Crippen molar-refractivity contribution in [3.05, 3.63) is 23.8 Å². The van der Waals surface area contributed by atoms with E-state index in [2.05, 4.69) is 5.32 Å². The number of methoxy groups -OCH3 is 2. The number of hydrogen-bond acceptors (Lipinski definition) is 5. The number of hydrogen-bond donors (Lipinski definition) is 1. The van der Waals surface area contributed by atoms with E-state index in [1.54, 1.807) is 25.1 Å². The Morgan fingerprint density at radius 1 is 1.24 bits per heavy atom. The summed E-state index contributed by atoms with van der Waals surface area (Å²) in [6.45, 7) is 8.28. The summed E-state index contributed by atoms with van der Waals surface area (Å²) < 4.78 is 15.8. The first-order valence-electron chi connectivity index (χ1n) is 8.49. The van der Waals surface area contributed by atoms with Crippen LogP contribution in [0.25, 0.3) is 0 Å². The number of rotatable bonds is 9. The number of amides is 1. The van der Waals surface area contributed by atoms with Crippen LogP contribution in [0.15, 0.2) is 18.2 Å². The van der Waals surface area contributed by atoms with E-state index in [-0.39, 0.29) is 11.5 Å². The van der Waals surface area contributed by atoms with Crippen molar-refractivity contribution in [3.63, 3.8) is 0 Å². The Bertz CT molecular complexity index is 599. The zero-order valence-electron chi connectivity index (χ0n) is 16.0. The summed E-state index contributed by atoms with van der Waals surface area (Å²) in [6, 6.07) is 4.91. The summed E-state index contributed by atoms with van der Waals surface area (Å²) in [5.41, 5.74) is -0.185. The molecule has 1 unspecified atom stereocenters. The summed E-state index contributed by atoms with van der Waals surface area (Å²) in [5.74, 6) is -0.0461. The number of nitrogens with one attached hydrogen (secondary N) is 1. The van der Waals surface area contributed by atoms with E-state index in [0.29, 0.717) is 30.4 Å². The molecule has 0 aromatic heterocycles. The first-order chi connectivity index (χ1) is 11.8. The molecule has 0 saturated heterocycles. The van der Waals surface area contributed by atoms with Crippen LogP contribution in [0.4, 0.5) is 5.69 Å². The van der Waals surface area contributed by atoms with Gasteiger partial charge in [0, 0.05) is 12.8 Å². The van der Waals surface area contributed by atoms with E-state index in [4.69, 9.17) is 14.2 Å². The van der Waals surface area contributed by atoms with Crippen LogP contribution in [-0.4, -0.2) is 38.3 Å². The van der Waals surface area contributed by atoms with Crippen molar-refractivity contribution in [2.75, 3.05) is 26.1 Å². The highest BCUT2D eigenvalue weighted by Gasteiger charge is 2.34. The van der Waals surface area contributed by atoms with Gasteiger partial charge in [-0.15, -0.1) is 0 Å². The van der Waals surface area contributed by atoms with Crippen molar-refractivity contribution in [1.29, 1.82) is 0 Å². The second-order valence-corrected chi connectivity index (χ2v) is 6.54. The minimum absolute atomic E-state index is 0.262. The molecule has 0 spiro atoms. The van der Waals surface area contributed by atoms with Gasteiger partial charge in [-0.1, -0.05) is 20.8 Å². The molecular weight excluding hydrogens is 322 g/mol. The third kappa shape index (κ3) is 5.74. The summed E-state index contributed by atoms with van der Waals surface area (Å²) in [7, 11) is 2.82. The van der Waals surface area contributed by atoms with Gasteiger partial charge in [0.1, 0.15) is 16.9 Å². The Labute approximate surface area is 149 Å². The molecule has 1 aromatic rings. The van der Waals surface area contributed by atoms with Crippen molar-refractivity contribution >= 4 is 17.6 Å². The zero-order valence-corrected chi connectivity index (χ0v) is 16.0. The highest BCUT2D eigenvalue weighted by molar-refractivity contribution is 5.99. The fourth-order valence-corrected chi connectivity index (χ4v) is 2.53. The Kier molecular flexibility index (Phi) is 7.90. The fourth-order valence-electron chi connectivity index (χ4n) is 2.53. The van der Waals surface area contributed by atoms with E-state index in [0.717, 1.165) is 6.42 Å². The minimum atomic E-state index is -0.947. The van der Waals surface area contributed by atoms with Crippen LogP contribution in [0.1, 0.15) is 50.9 Å². The van der Waals surface area contributed by atoms with E-state index >= 15 is 0 Å². The molecule has 1 N–H and O–H groups in total. The van der Waals surface area contributed by atoms with E-state index in [9.17, 15) is 9.59 Å². The van der Waals surface area contributed by atoms with Gasteiger partial charge in [0.25, 0.3) is 5.91 Å². The molecule has 0 radical (unpaired) electrons. The van der Waals surface area contributed by atoms with Crippen LogP contribution in [-0.2, 0) is 14.3 Å². The predicted molar refractivity (Wildman–Crippen MR) is 97.1 cm³/mol. The summed E-state index contributed by atoms with van der Waals surface area (Å²) in [6.07, 6.45) is 1.40. The van der Waals surface area contributed by atoms with Gasteiger partial charge in [0.2, 0.25) is 0 Å². The molecule has 6 heteroatoms. The van der Waals surface area contributed by atoms with E-state index < -0.39 is 11.6 Å². The third-order valence-corrected chi connectivity index (χ3v) is 3.83. The van der Waals surface area contributed by atoms with Gasteiger partial charge in [-0.25, -0.2) is 4.79 Å². The largest absolute Gasteiger partial charge is 0.493 e. The van der Waals surface area contributed by atoms with E-state index in [1.807, 2.05) is 20.8 Å². The van der Waals surface area contributed by atoms with Gasteiger partial charge >= 0.3 is 5.97 Å². The lowest BCUT2D eigenvalue weighted by Gasteiger charge is -2.28. The maximum atomic E-state index is 12.6. The molecular formula is C19H29NO5. The molecule has 140 valence electrons. The Morgan fingerprint density at radius 3 is 2.44 bits per heavy atom. The van der Waals surface area contributed by atoms with Gasteiger partial charge in [0.05, 0.1) is 13.7 Å². The Hall–Kier alpha value is -2.08. The predicted octanol–water partition coefficient (Wildman–Crippen LogP) is 3.65. The number of esters is 1. The van der Waals surface area contributed by atoms with Crippen molar-refractivity contribution in [1.82, 2.24) is 0 Å². The molecule has 0 fully saturated rings. The standard InChI is InChI=1S/C19H29NO5/c1-7-10-25-16-9-8-14(11-15(16)17(21)23-5)20-18(22)19(4,24-6)12-13(2)3/h8-9,11,13H,7,10,12H2,1-6H3,(H,20,22). The van der Waals surface area contributed by atoms with Crippen LogP contribution in [0, 0.1) is 5.92 Å². The van der Waals surface area contributed by atoms with Gasteiger partial charge in [-0.2, -0.15) is 0 Å². The number of anilines is 1.